The summed E-state index contributed by atoms with van der Waals surface area (Å²) in [6.07, 6.45) is 0.605. The Balaban J connectivity index is 2.22. The average molecular weight is 261 g/mol. The minimum atomic E-state index is -0.120. The molecule has 2 nitrogen and oxygen atoms in total. The van der Waals surface area contributed by atoms with Gasteiger partial charge in [-0.2, -0.15) is 0 Å². The highest BCUT2D eigenvalue weighted by atomic mass is 35.5. The first-order chi connectivity index (χ1) is 8.72. The number of ether oxygens (including phenoxy) is 1. The van der Waals surface area contributed by atoms with Crippen molar-refractivity contribution >= 4 is 17.9 Å². The third-order valence-electron chi connectivity index (χ3n) is 2.69. The summed E-state index contributed by atoms with van der Waals surface area (Å²) in [7, 11) is 0. The van der Waals surface area contributed by atoms with Gasteiger partial charge in [-0.15, -0.1) is 0 Å². The number of benzene rings is 2. The predicted octanol–water partition coefficient (Wildman–Crippen LogP) is 4.29. The van der Waals surface area contributed by atoms with Crippen LogP contribution < -0.4 is 4.74 Å². The van der Waals surface area contributed by atoms with Crippen LogP contribution in [0.3, 0.4) is 0 Å². The van der Waals surface area contributed by atoms with Crippen molar-refractivity contribution in [2.24, 2.45) is 0 Å². The Labute approximate surface area is 111 Å². The van der Waals surface area contributed by atoms with Crippen LogP contribution in [0.2, 0.25) is 5.02 Å². The van der Waals surface area contributed by atoms with Gasteiger partial charge < -0.3 is 4.74 Å². The molecule has 0 aliphatic rings. The highest BCUT2D eigenvalue weighted by molar-refractivity contribution is 6.34. The molecule has 2 rings (SSSR count). The van der Waals surface area contributed by atoms with Gasteiger partial charge in [0.25, 0.3) is 0 Å². The van der Waals surface area contributed by atoms with E-state index < -0.39 is 0 Å². The van der Waals surface area contributed by atoms with Gasteiger partial charge in [0.05, 0.1) is 5.02 Å². The zero-order chi connectivity index (χ0) is 13.0. The van der Waals surface area contributed by atoms with Crippen LogP contribution in [-0.2, 0) is 0 Å². The monoisotopic (exact) mass is 260 g/mol. The maximum Gasteiger partial charge on any atom is 0.151 e. The highest BCUT2D eigenvalue weighted by Crippen LogP contribution is 2.30. The molecule has 0 radical (unpaired) electrons. The van der Waals surface area contributed by atoms with E-state index in [0.717, 1.165) is 11.8 Å². The van der Waals surface area contributed by atoms with Crippen LogP contribution in [0.25, 0.3) is 0 Å². The predicted molar refractivity (Wildman–Crippen MR) is 72.3 cm³/mol. The van der Waals surface area contributed by atoms with E-state index in [0.29, 0.717) is 16.3 Å². The van der Waals surface area contributed by atoms with Crippen LogP contribution in [-0.4, -0.2) is 6.29 Å². The number of hydrogen-bond donors (Lipinski definition) is 0. The molecule has 0 aliphatic carbocycles. The molecule has 0 fully saturated rings. The van der Waals surface area contributed by atoms with Gasteiger partial charge >= 0.3 is 0 Å². The lowest BCUT2D eigenvalue weighted by molar-refractivity contribution is 0.112. The molecule has 0 heterocycles. The summed E-state index contributed by atoms with van der Waals surface area (Å²) in [5.41, 5.74) is 1.50. The first kappa shape index (κ1) is 12.7. The maximum absolute atomic E-state index is 10.8. The normalized spacial score (nSPS) is 11.9. The Morgan fingerprint density at radius 2 is 1.83 bits per heavy atom. The fourth-order valence-electron chi connectivity index (χ4n) is 1.69. The van der Waals surface area contributed by atoms with Crippen LogP contribution in [0.1, 0.15) is 28.9 Å². The highest BCUT2D eigenvalue weighted by Gasteiger charge is 2.11. The smallest absolute Gasteiger partial charge is 0.151 e. The fourth-order valence-corrected chi connectivity index (χ4v) is 1.91. The summed E-state index contributed by atoms with van der Waals surface area (Å²) < 4.78 is 5.78. The van der Waals surface area contributed by atoms with Gasteiger partial charge in [-0.1, -0.05) is 48.0 Å². The standard InChI is InChI=1S/C15H13ClO2/c1-11(12-6-3-2-4-7-12)18-14-9-5-8-13(10-17)15(14)16/h2-11H,1H3. The van der Waals surface area contributed by atoms with Crippen molar-refractivity contribution < 1.29 is 9.53 Å². The lowest BCUT2D eigenvalue weighted by atomic mass is 10.1. The lowest BCUT2D eigenvalue weighted by Gasteiger charge is -2.16. The minimum absolute atomic E-state index is 0.120. The lowest BCUT2D eigenvalue weighted by Crippen LogP contribution is -2.03. The molecule has 0 aromatic heterocycles. The van der Waals surface area contributed by atoms with Gasteiger partial charge in [0.15, 0.2) is 6.29 Å². The SMILES string of the molecule is CC(Oc1cccc(C=O)c1Cl)c1ccccc1. The van der Waals surface area contributed by atoms with E-state index in [4.69, 9.17) is 16.3 Å². The molecule has 2 aromatic rings. The van der Waals surface area contributed by atoms with Crippen molar-refractivity contribution in [3.8, 4) is 5.75 Å². The van der Waals surface area contributed by atoms with E-state index >= 15 is 0 Å². The summed E-state index contributed by atoms with van der Waals surface area (Å²) in [6.45, 7) is 1.94. The molecular weight excluding hydrogens is 248 g/mol. The van der Waals surface area contributed by atoms with Gasteiger partial charge in [-0.3, -0.25) is 4.79 Å². The van der Waals surface area contributed by atoms with Crippen LogP contribution in [0.4, 0.5) is 0 Å². The first-order valence-electron chi connectivity index (χ1n) is 5.67. The van der Waals surface area contributed by atoms with Crippen LogP contribution >= 0.6 is 11.6 Å². The minimum Gasteiger partial charge on any atom is -0.484 e. The summed E-state index contributed by atoms with van der Waals surface area (Å²) in [5.74, 6) is 0.526. The van der Waals surface area contributed by atoms with E-state index in [1.54, 1.807) is 18.2 Å². The van der Waals surface area contributed by atoms with Crippen LogP contribution in [0, 0.1) is 0 Å². The molecular formula is C15H13ClO2. The Morgan fingerprint density at radius 1 is 1.11 bits per heavy atom. The molecule has 0 aliphatic heterocycles. The largest absolute Gasteiger partial charge is 0.484 e. The Kier molecular flexibility index (Phi) is 4.00. The van der Waals surface area contributed by atoms with Crippen molar-refractivity contribution in [3.63, 3.8) is 0 Å². The van der Waals surface area contributed by atoms with Crippen molar-refractivity contribution in [3.05, 3.63) is 64.7 Å². The topological polar surface area (TPSA) is 26.3 Å². The molecule has 92 valence electrons. The molecule has 0 saturated carbocycles. The Bertz CT molecular complexity index is 537. The zero-order valence-corrected chi connectivity index (χ0v) is 10.7. The van der Waals surface area contributed by atoms with Gasteiger partial charge in [-0.05, 0) is 24.6 Å². The quantitative estimate of drug-likeness (QED) is 0.767. The number of carbonyl (C=O) groups excluding carboxylic acids is 1. The molecule has 1 unspecified atom stereocenters. The average Bonchev–Trinajstić information content (AvgIpc) is 2.42. The molecule has 3 heteroatoms. The van der Waals surface area contributed by atoms with Crippen LogP contribution in [0.15, 0.2) is 48.5 Å². The van der Waals surface area contributed by atoms with E-state index in [1.807, 2.05) is 37.3 Å². The number of rotatable bonds is 4. The molecule has 2 aromatic carbocycles. The molecule has 0 spiro atoms. The van der Waals surface area contributed by atoms with E-state index in [9.17, 15) is 4.79 Å². The van der Waals surface area contributed by atoms with Gasteiger partial charge in [0, 0.05) is 5.56 Å². The van der Waals surface area contributed by atoms with E-state index in [-0.39, 0.29) is 6.10 Å². The summed E-state index contributed by atoms with van der Waals surface area (Å²) in [4.78, 5) is 10.8. The first-order valence-corrected chi connectivity index (χ1v) is 6.05. The number of aldehydes is 1. The summed E-state index contributed by atoms with van der Waals surface area (Å²) >= 11 is 6.08. The maximum atomic E-state index is 10.8. The fraction of sp³-hybridized carbons (Fsp3) is 0.133. The third kappa shape index (κ3) is 2.71. The van der Waals surface area contributed by atoms with Gasteiger partial charge in [-0.25, -0.2) is 0 Å². The molecule has 18 heavy (non-hydrogen) atoms. The van der Waals surface area contributed by atoms with Crippen LogP contribution in [0.5, 0.6) is 5.75 Å². The third-order valence-corrected chi connectivity index (χ3v) is 3.10. The van der Waals surface area contributed by atoms with E-state index in [1.165, 1.54) is 0 Å². The van der Waals surface area contributed by atoms with E-state index in [2.05, 4.69) is 0 Å². The number of hydrogen-bond acceptors (Lipinski definition) is 2. The molecule has 0 amide bonds. The zero-order valence-electron chi connectivity index (χ0n) is 9.97. The Hall–Kier alpha value is -1.80. The Morgan fingerprint density at radius 3 is 2.50 bits per heavy atom. The number of carbonyl (C=O) groups is 1. The van der Waals surface area contributed by atoms with Crippen molar-refractivity contribution in [1.29, 1.82) is 0 Å². The summed E-state index contributed by atoms with van der Waals surface area (Å²) in [6, 6.07) is 15.0. The summed E-state index contributed by atoms with van der Waals surface area (Å²) in [5, 5.41) is 0.357. The molecule has 1 atom stereocenters. The second kappa shape index (κ2) is 5.69. The molecule has 0 saturated heterocycles. The van der Waals surface area contributed by atoms with Crippen molar-refractivity contribution in [1.82, 2.24) is 0 Å². The molecule has 0 bridgehead atoms. The second-order valence-electron chi connectivity index (χ2n) is 3.95. The second-order valence-corrected chi connectivity index (χ2v) is 4.33. The van der Waals surface area contributed by atoms with Gasteiger partial charge in [0.1, 0.15) is 11.9 Å². The van der Waals surface area contributed by atoms with Crippen molar-refractivity contribution in [2.45, 2.75) is 13.0 Å². The number of halogens is 1. The van der Waals surface area contributed by atoms with Gasteiger partial charge in [0.2, 0.25) is 0 Å². The van der Waals surface area contributed by atoms with Crippen molar-refractivity contribution in [2.75, 3.05) is 0 Å². The molecule has 0 N–H and O–H groups in total.